The fourth-order valence-electron chi connectivity index (χ4n) is 1.69. The van der Waals surface area contributed by atoms with Crippen LogP contribution >= 0.6 is 24.4 Å². The molecular weight excluding hydrogens is 344 g/mol. The Bertz CT molecular complexity index is 253. The quantitative estimate of drug-likeness (QED) is 0.325. The van der Waals surface area contributed by atoms with E-state index >= 15 is 0 Å². The maximum atomic E-state index is 4.83. The first-order valence-corrected chi connectivity index (χ1v) is 7.58. The van der Waals surface area contributed by atoms with Gasteiger partial charge in [0.25, 0.3) is 0 Å². The van der Waals surface area contributed by atoms with Crippen molar-refractivity contribution in [2.24, 2.45) is 0 Å². The third-order valence-corrected chi connectivity index (χ3v) is 3.78. The second-order valence-corrected chi connectivity index (χ2v) is 6.07. The van der Waals surface area contributed by atoms with E-state index in [1.165, 1.54) is 0 Å². The molecule has 104 valence electrons. The van der Waals surface area contributed by atoms with Gasteiger partial charge in [-0.1, -0.05) is 8.64 Å². The molecule has 19 heavy (non-hydrogen) atoms. The van der Waals surface area contributed by atoms with Crippen molar-refractivity contribution in [1.82, 2.24) is 20.4 Å². The molecule has 0 unspecified atom stereocenters. The topological polar surface area (TPSA) is 30.5 Å². The summed E-state index contributed by atoms with van der Waals surface area (Å²) in [6.07, 6.45) is 0. The van der Waals surface area contributed by atoms with E-state index in [-0.39, 0.29) is 37.7 Å². The van der Waals surface area contributed by atoms with Crippen molar-refractivity contribution in [2.45, 2.75) is 0 Å². The van der Waals surface area contributed by atoms with Gasteiger partial charge in [-0.3, -0.25) is 0 Å². The molecule has 2 aliphatic rings. The molecule has 2 aliphatic heterocycles. The summed E-state index contributed by atoms with van der Waals surface area (Å²) in [5.41, 5.74) is 0. The van der Waals surface area contributed by atoms with Crippen LogP contribution in [0.1, 0.15) is 0 Å². The molecule has 0 amide bonds. The van der Waals surface area contributed by atoms with Gasteiger partial charge in [-0.15, -0.1) is 0 Å². The summed E-state index contributed by atoms with van der Waals surface area (Å²) < 4.78 is 1.22. The number of hydrogen-bond acceptors (Lipinski definition) is 6. The predicted molar refractivity (Wildman–Crippen MR) is 94.6 cm³/mol. The van der Waals surface area contributed by atoms with Gasteiger partial charge in [0.15, 0.2) is 0 Å². The molecule has 9 heteroatoms. The number of hydrogen-bond donors (Lipinski definition) is 2. The zero-order chi connectivity index (χ0) is 13.4. The normalized spacial score (nSPS) is 18.7. The first kappa shape index (κ1) is 20.4. The first-order chi connectivity index (χ1) is 8.61. The molecule has 2 fully saturated rings. The van der Waals surface area contributed by atoms with Crippen LogP contribution in [0.4, 0.5) is 0 Å². The number of piperazine rings is 2. The maximum Gasteiger partial charge on any atom is 2.00 e. The van der Waals surface area contributed by atoms with Crippen LogP contribution in [0.15, 0.2) is 0 Å². The summed E-state index contributed by atoms with van der Waals surface area (Å²) in [6, 6.07) is 0. The fraction of sp³-hybridized carbons (Fsp3) is 0.800. The Hall–Kier alpha value is 1.40. The number of nitrogens with zero attached hydrogens (tertiary/aromatic N) is 2. The van der Waals surface area contributed by atoms with E-state index in [0.717, 1.165) is 52.4 Å². The minimum atomic E-state index is 0. The van der Waals surface area contributed by atoms with Crippen molar-refractivity contribution in [3.8, 4) is 0 Å². The minimum absolute atomic E-state index is 0. The van der Waals surface area contributed by atoms with Gasteiger partial charge in [0.2, 0.25) is 0 Å². The Morgan fingerprint density at radius 3 is 1.16 bits per heavy atom. The number of nitrogens with one attached hydrogen (secondary N) is 2. The Balaban J connectivity index is 0.000000324. The minimum Gasteiger partial charge on any atom is -0.411 e. The monoisotopic (exact) mass is 362 g/mol. The Morgan fingerprint density at radius 1 is 0.737 bits per heavy atom. The molecule has 0 aromatic carbocycles. The van der Waals surface area contributed by atoms with E-state index in [1.54, 1.807) is 0 Å². The SMILES string of the molecule is S=C([S-])N1CCNCC1.S=C([S-])N1CCNCC1.[Ca+2]. The van der Waals surface area contributed by atoms with E-state index in [1.807, 2.05) is 9.80 Å². The smallest absolute Gasteiger partial charge is 0.411 e. The molecule has 0 radical (unpaired) electrons. The first-order valence-electron chi connectivity index (χ1n) is 5.94. The van der Waals surface area contributed by atoms with E-state index < -0.39 is 0 Å². The average molecular weight is 363 g/mol. The molecule has 0 bridgehead atoms. The van der Waals surface area contributed by atoms with E-state index in [0.29, 0.717) is 8.64 Å². The van der Waals surface area contributed by atoms with Crippen LogP contribution in [0.3, 0.4) is 0 Å². The van der Waals surface area contributed by atoms with Crippen LogP contribution in [0, 0.1) is 0 Å². The fourth-order valence-corrected chi connectivity index (χ4v) is 2.43. The Kier molecular flexibility index (Phi) is 12.9. The van der Waals surface area contributed by atoms with Crippen LogP contribution < -0.4 is 10.6 Å². The Morgan fingerprint density at radius 2 is 1.00 bits per heavy atom. The molecule has 2 heterocycles. The van der Waals surface area contributed by atoms with Gasteiger partial charge in [0.1, 0.15) is 0 Å². The standard InChI is InChI=1S/2C5H10N2S2.Ca/c2*8-5(9)7-3-1-6-2-4-7;/h2*6H,1-4H2,(H,8,9);/q;;+2/p-2. The molecule has 2 saturated heterocycles. The second-order valence-electron chi connectivity index (χ2n) is 4.01. The van der Waals surface area contributed by atoms with Gasteiger partial charge in [-0.05, 0) is 0 Å². The van der Waals surface area contributed by atoms with Gasteiger partial charge in [0, 0.05) is 52.4 Å². The van der Waals surface area contributed by atoms with Crippen molar-refractivity contribution in [2.75, 3.05) is 52.4 Å². The molecule has 4 nitrogen and oxygen atoms in total. The Labute approximate surface area is 167 Å². The van der Waals surface area contributed by atoms with Gasteiger partial charge in [-0.25, -0.2) is 0 Å². The maximum absolute atomic E-state index is 4.83. The van der Waals surface area contributed by atoms with Crippen molar-refractivity contribution in [1.29, 1.82) is 0 Å². The molecule has 0 aliphatic carbocycles. The molecular formula is C10H18CaN4S4. The van der Waals surface area contributed by atoms with Crippen molar-refractivity contribution in [3.05, 3.63) is 0 Å². The summed E-state index contributed by atoms with van der Waals surface area (Å²) in [4.78, 5) is 4.09. The van der Waals surface area contributed by atoms with Gasteiger partial charge in [0.05, 0.1) is 0 Å². The predicted octanol–water partition coefficient (Wildman–Crippen LogP) is -0.934. The largest absolute Gasteiger partial charge is 2.00 e. The molecule has 2 N–H and O–H groups in total. The van der Waals surface area contributed by atoms with E-state index in [2.05, 4.69) is 10.6 Å². The number of rotatable bonds is 0. The molecule has 0 saturated carbocycles. The van der Waals surface area contributed by atoms with Crippen LogP contribution in [0.5, 0.6) is 0 Å². The van der Waals surface area contributed by atoms with Crippen LogP contribution in [-0.4, -0.2) is 109 Å². The third-order valence-electron chi connectivity index (χ3n) is 2.75. The van der Waals surface area contributed by atoms with Crippen molar-refractivity contribution >= 4 is 96.1 Å². The van der Waals surface area contributed by atoms with Crippen molar-refractivity contribution in [3.63, 3.8) is 0 Å². The summed E-state index contributed by atoms with van der Waals surface area (Å²) >= 11 is 19.3. The summed E-state index contributed by atoms with van der Waals surface area (Å²) in [5, 5.41) is 6.44. The van der Waals surface area contributed by atoms with Crippen molar-refractivity contribution < 1.29 is 0 Å². The molecule has 0 aromatic heterocycles. The molecule has 0 atom stereocenters. The summed E-state index contributed by atoms with van der Waals surface area (Å²) in [7, 11) is 0. The van der Waals surface area contributed by atoms with Crippen LogP contribution in [0.25, 0.3) is 0 Å². The van der Waals surface area contributed by atoms with Crippen LogP contribution in [-0.2, 0) is 25.3 Å². The van der Waals surface area contributed by atoms with Gasteiger partial charge < -0.3 is 70.1 Å². The second kappa shape index (κ2) is 12.0. The van der Waals surface area contributed by atoms with Gasteiger partial charge >= 0.3 is 37.7 Å². The molecule has 0 aromatic rings. The zero-order valence-electron chi connectivity index (χ0n) is 10.9. The van der Waals surface area contributed by atoms with Crippen LogP contribution in [0.2, 0.25) is 0 Å². The summed E-state index contributed by atoms with van der Waals surface area (Å²) in [6.45, 7) is 7.94. The molecule has 0 spiro atoms. The van der Waals surface area contributed by atoms with E-state index in [9.17, 15) is 0 Å². The summed E-state index contributed by atoms with van der Waals surface area (Å²) in [5.74, 6) is 0. The average Bonchev–Trinajstić information content (AvgIpc) is 2.41. The molecule has 2 rings (SSSR count). The number of thiocarbonyl (C=S) groups is 2. The van der Waals surface area contributed by atoms with E-state index in [4.69, 9.17) is 49.7 Å². The zero-order valence-corrected chi connectivity index (χ0v) is 16.4. The third kappa shape index (κ3) is 9.10. The van der Waals surface area contributed by atoms with Gasteiger partial charge in [-0.2, -0.15) is 0 Å².